The fraction of sp³-hybridized carbons (Fsp3) is 0.417. The molecule has 0 N–H and O–H groups in total. The maximum absolute atomic E-state index is 13.5. The molecule has 3 rings (SSSR count). The van der Waals surface area contributed by atoms with Crippen LogP contribution in [0.2, 0.25) is 0 Å². The van der Waals surface area contributed by atoms with Gasteiger partial charge in [-0.15, -0.1) is 0 Å². The first kappa shape index (κ1) is 21.7. The van der Waals surface area contributed by atoms with E-state index >= 15 is 0 Å². The number of carbonyl (C=O) groups is 2. The molecule has 6 nitrogen and oxygen atoms in total. The number of likely N-dealkylation sites (N-methyl/N-ethyl adjacent to an activating group) is 1. The number of rotatable bonds is 6. The summed E-state index contributed by atoms with van der Waals surface area (Å²) in [5.41, 5.74) is 2.91. The summed E-state index contributed by atoms with van der Waals surface area (Å²) in [4.78, 5) is 29.8. The van der Waals surface area contributed by atoms with Crippen molar-refractivity contribution in [3.63, 3.8) is 0 Å². The van der Waals surface area contributed by atoms with E-state index in [2.05, 4.69) is 0 Å². The average Bonchev–Trinajstić information content (AvgIpc) is 2.76. The number of fused-ring (bicyclic) bond motifs is 1. The Labute approximate surface area is 178 Å². The van der Waals surface area contributed by atoms with Gasteiger partial charge in [-0.3, -0.25) is 9.59 Å². The zero-order chi connectivity index (χ0) is 21.8. The summed E-state index contributed by atoms with van der Waals surface area (Å²) in [5.74, 6) is 1.28. The molecule has 160 valence electrons. The molecule has 1 unspecified atom stereocenters. The van der Waals surface area contributed by atoms with Gasteiger partial charge in [0.2, 0.25) is 11.8 Å². The highest BCUT2D eigenvalue weighted by atomic mass is 16.5. The highest BCUT2D eigenvalue weighted by molar-refractivity contribution is 5.99. The van der Waals surface area contributed by atoms with Gasteiger partial charge in [0.25, 0.3) is 0 Å². The van der Waals surface area contributed by atoms with E-state index in [0.29, 0.717) is 36.6 Å². The van der Waals surface area contributed by atoms with Crippen LogP contribution in [0.4, 0.5) is 5.69 Å². The summed E-state index contributed by atoms with van der Waals surface area (Å²) in [6.07, 6.45) is 0.933. The molecule has 1 atom stereocenters. The highest BCUT2D eigenvalue weighted by Crippen LogP contribution is 2.32. The van der Waals surface area contributed by atoms with Crippen molar-refractivity contribution in [3.05, 3.63) is 53.6 Å². The molecule has 6 heteroatoms. The number of anilines is 1. The van der Waals surface area contributed by atoms with E-state index in [0.717, 1.165) is 11.1 Å². The molecule has 0 fully saturated rings. The van der Waals surface area contributed by atoms with Crippen molar-refractivity contribution >= 4 is 17.5 Å². The van der Waals surface area contributed by atoms with Gasteiger partial charge in [-0.25, -0.2) is 0 Å². The third kappa shape index (κ3) is 4.42. The van der Waals surface area contributed by atoms with Crippen LogP contribution < -0.4 is 14.4 Å². The van der Waals surface area contributed by atoms with Gasteiger partial charge in [0.05, 0.1) is 14.2 Å². The smallest absolute Gasteiger partial charge is 0.249 e. The second-order valence-electron chi connectivity index (χ2n) is 8.04. The number of benzene rings is 2. The number of hydrogen-bond acceptors (Lipinski definition) is 4. The van der Waals surface area contributed by atoms with E-state index in [9.17, 15) is 9.59 Å². The van der Waals surface area contributed by atoms with E-state index in [1.807, 2.05) is 44.2 Å². The molecule has 2 amide bonds. The molecule has 2 aromatic rings. The monoisotopic (exact) mass is 410 g/mol. The zero-order valence-corrected chi connectivity index (χ0v) is 18.3. The zero-order valence-electron chi connectivity index (χ0n) is 18.3. The lowest BCUT2D eigenvalue weighted by Gasteiger charge is -2.38. The van der Waals surface area contributed by atoms with Crippen LogP contribution in [-0.4, -0.2) is 44.0 Å². The van der Waals surface area contributed by atoms with Crippen LogP contribution in [0.5, 0.6) is 11.5 Å². The summed E-state index contributed by atoms with van der Waals surface area (Å²) in [7, 11) is 4.87. The van der Waals surface area contributed by atoms with Crippen molar-refractivity contribution in [2.24, 2.45) is 5.92 Å². The number of methoxy groups -OCH3 is 2. The minimum absolute atomic E-state index is 0.0126. The summed E-state index contributed by atoms with van der Waals surface area (Å²) in [5, 5.41) is 0. The summed E-state index contributed by atoms with van der Waals surface area (Å²) < 4.78 is 10.7. The fourth-order valence-corrected chi connectivity index (χ4v) is 3.86. The Kier molecular flexibility index (Phi) is 6.65. The minimum atomic E-state index is -0.538. The Balaban J connectivity index is 1.91. The minimum Gasteiger partial charge on any atom is -0.493 e. The van der Waals surface area contributed by atoms with Crippen LogP contribution in [0.25, 0.3) is 0 Å². The maximum Gasteiger partial charge on any atom is 0.249 e. The molecule has 2 aromatic carbocycles. The molecule has 0 aromatic heterocycles. The van der Waals surface area contributed by atoms with Crippen molar-refractivity contribution in [1.29, 1.82) is 0 Å². The van der Waals surface area contributed by atoms with Crippen LogP contribution in [0, 0.1) is 5.92 Å². The molecule has 0 bridgehead atoms. The van der Waals surface area contributed by atoms with Crippen molar-refractivity contribution in [2.45, 2.75) is 39.3 Å². The maximum atomic E-state index is 13.5. The fourth-order valence-electron chi connectivity index (χ4n) is 3.86. The van der Waals surface area contributed by atoms with Gasteiger partial charge in [0.15, 0.2) is 11.5 Å². The molecule has 0 saturated heterocycles. The summed E-state index contributed by atoms with van der Waals surface area (Å²) >= 11 is 0. The lowest BCUT2D eigenvalue weighted by molar-refractivity contribution is -0.141. The average molecular weight is 411 g/mol. The standard InChI is InChI=1S/C24H30N2O4/c1-16(2)12-23(27)26-15-18-9-7-6-8-17(18)13-20(26)24(28)25(3)19-10-11-21(29-4)22(14-19)30-5/h6-11,14,16,20H,12-13,15H2,1-5H3. The number of ether oxygens (including phenoxy) is 2. The number of nitrogens with zero attached hydrogens (tertiary/aromatic N) is 2. The Hall–Kier alpha value is -3.02. The van der Waals surface area contributed by atoms with Crippen LogP contribution in [-0.2, 0) is 22.6 Å². The predicted molar refractivity (Wildman–Crippen MR) is 117 cm³/mol. The number of hydrogen-bond donors (Lipinski definition) is 0. The van der Waals surface area contributed by atoms with E-state index < -0.39 is 6.04 Å². The first-order chi connectivity index (χ1) is 14.3. The highest BCUT2D eigenvalue weighted by Gasteiger charge is 2.36. The van der Waals surface area contributed by atoms with Gasteiger partial charge in [0, 0.05) is 38.2 Å². The van der Waals surface area contributed by atoms with Crippen molar-refractivity contribution in [1.82, 2.24) is 4.90 Å². The first-order valence-electron chi connectivity index (χ1n) is 10.2. The van der Waals surface area contributed by atoms with Crippen LogP contribution >= 0.6 is 0 Å². The van der Waals surface area contributed by atoms with Crippen LogP contribution in [0.15, 0.2) is 42.5 Å². The van der Waals surface area contributed by atoms with Gasteiger partial charge in [-0.1, -0.05) is 38.1 Å². The third-order valence-corrected chi connectivity index (χ3v) is 5.52. The molecule has 1 heterocycles. The second-order valence-corrected chi connectivity index (χ2v) is 8.04. The third-order valence-electron chi connectivity index (χ3n) is 5.52. The van der Waals surface area contributed by atoms with Crippen LogP contribution in [0.3, 0.4) is 0 Å². The van der Waals surface area contributed by atoms with E-state index in [-0.39, 0.29) is 17.7 Å². The van der Waals surface area contributed by atoms with Gasteiger partial charge in [-0.05, 0) is 29.2 Å². The quantitative estimate of drug-likeness (QED) is 0.729. The van der Waals surface area contributed by atoms with E-state index in [1.165, 1.54) is 0 Å². The summed E-state index contributed by atoms with van der Waals surface area (Å²) in [6.45, 7) is 4.49. The molecule has 1 aliphatic rings. The van der Waals surface area contributed by atoms with Crippen molar-refractivity contribution < 1.29 is 19.1 Å². The Morgan fingerprint density at radius 1 is 1.07 bits per heavy atom. The number of amides is 2. The van der Waals surface area contributed by atoms with Gasteiger partial charge >= 0.3 is 0 Å². The Morgan fingerprint density at radius 3 is 2.37 bits per heavy atom. The molecule has 30 heavy (non-hydrogen) atoms. The second kappa shape index (κ2) is 9.20. The molecule has 0 radical (unpaired) electrons. The molecule has 1 aliphatic heterocycles. The number of carbonyl (C=O) groups excluding carboxylic acids is 2. The topological polar surface area (TPSA) is 59.1 Å². The largest absolute Gasteiger partial charge is 0.493 e. The molecule has 0 spiro atoms. The van der Waals surface area contributed by atoms with E-state index in [4.69, 9.17) is 9.47 Å². The normalized spacial score (nSPS) is 15.5. The van der Waals surface area contributed by atoms with Crippen molar-refractivity contribution in [2.75, 3.05) is 26.2 Å². The summed E-state index contributed by atoms with van der Waals surface area (Å²) in [6, 6.07) is 12.8. The molecular formula is C24H30N2O4. The van der Waals surface area contributed by atoms with Gasteiger partial charge in [0.1, 0.15) is 6.04 Å². The predicted octanol–water partition coefficient (Wildman–Crippen LogP) is 3.67. The Bertz CT molecular complexity index is 925. The van der Waals surface area contributed by atoms with Gasteiger partial charge < -0.3 is 19.3 Å². The lowest BCUT2D eigenvalue weighted by Crippen LogP contribution is -2.53. The van der Waals surface area contributed by atoms with Gasteiger partial charge in [-0.2, -0.15) is 0 Å². The lowest BCUT2D eigenvalue weighted by atomic mass is 9.92. The first-order valence-corrected chi connectivity index (χ1v) is 10.2. The van der Waals surface area contributed by atoms with Crippen LogP contribution in [0.1, 0.15) is 31.4 Å². The Morgan fingerprint density at radius 2 is 1.73 bits per heavy atom. The molecule has 0 saturated carbocycles. The molecular weight excluding hydrogens is 380 g/mol. The van der Waals surface area contributed by atoms with E-state index in [1.54, 1.807) is 43.2 Å². The molecule has 0 aliphatic carbocycles. The SMILES string of the molecule is COc1ccc(N(C)C(=O)C2Cc3ccccc3CN2C(=O)CC(C)C)cc1OC. The van der Waals surface area contributed by atoms with Crippen molar-refractivity contribution in [3.8, 4) is 11.5 Å².